The Kier molecular flexibility index (Phi) is 4.85. The third kappa shape index (κ3) is 3.99. The van der Waals surface area contributed by atoms with Gasteiger partial charge in [-0.1, -0.05) is 12.8 Å². The molecule has 0 radical (unpaired) electrons. The molecule has 1 aromatic heterocycles. The maximum Gasteiger partial charge on any atom is 0.287 e. The molecule has 0 spiro atoms. The Bertz CT molecular complexity index is 452. The molecule has 6 heteroatoms. The summed E-state index contributed by atoms with van der Waals surface area (Å²) in [6.45, 7) is -0.0355. The van der Waals surface area contributed by atoms with E-state index in [1.165, 1.54) is 0 Å². The van der Waals surface area contributed by atoms with Crippen LogP contribution in [-0.4, -0.2) is 24.4 Å². The Hall–Kier alpha value is -1.49. The van der Waals surface area contributed by atoms with E-state index in [1.54, 1.807) is 12.1 Å². The van der Waals surface area contributed by atoms with Gasteiger partial charge in [0.05, 0.1) is 12.4 Å². The second kappa shape index (κ2) is 6.61. The second-order valence-corrected chi connectivity index (χ2v) is 4.90. The number of alkyl halides is 1. The fourth-order valence-corrected chi connectivity index (χ4v) is 2.31. The molecule has 1 aliphatic carbocycles. The highest BCUT2D eigenvalue weighted by Gasteiger charge is 2.18. The van der Waals surface area contributed by atoms with Gasteiger partial charge in [0, 0.05) is 6.04 Å². The highest BCUT2D eigenvalue weighted by Crippen LogP contribution is 2.17. The number of amides is 2. The van der Waals surface area contributed by atoms with Crippen LogP contribution in [0.5, 0.6) is 0 Å². The summed E-state index contributed by atoms with van der Waals surface area (Å²) in [6, 6.07) is 3.44. The molecule has 0 unspecified atom stereocenters. The van der Waals surface area contributed by atoms with Gasteiger partial charge >= 0.3 is 0 Å². The van der Waals surface area contributed by atoms with Crippen LogP contribution in [0.4, 0.5) is 0 Å². The van der Waals surface area contributed by atoms with E-state index in [1.807, 2.05) is 0 Å². The fraction of sp³-hybridized carbons (Fsp3) is 0.538. The molecule has 19 heavy (non-hydrogen) atoms. The lowest BCUT2D eigenvalue weighted by Crippen LogP contribution is -2.40. The van der Waals surface area contributed by atoms with E-state index in [0.717, 1.165) is 25.7 Å². The quantitative estimate of drug-likeness (QED) is 0.810. The summed E-state index contributed by atoms with van der Waals surface area (Å²) in [7, 11) is 0. The zero-order valence-corrected chi connectivity index (χ0v) is 11.3. The van der Waals surface area contributed by atoms with E-state index >= 15 is 0 Å². The van der Waals surface area contributed by atoms with Gasteiger partial charge in [-0.15, -0.1) is 11.6 Å². The highest BCUT2D eigenvalue weighted by molar-refractivity contribution is 6.16. The number of hydrogen-bond acceptors (Lipinski definition) is 3. The molecule has 0 bridgehead atoms. The van der Waals surface area contributed by atoms with Crippen LogP contribution in [0.3, 0.4) is 0 Å². The summed E-state index contributed by atoms with van der Waals surface area (Å²) in [4.78, 5) is 23.3. The van der Waals surface area contributed by atoms with Gasteiger partial charge in [0.2, 0.25) is 5.91 Å². The molecular formula is C13H17ClN2O3. The standard InChI is InChI=1S/C13H17ClN2O3/c14-7-10-5-6-11(19-10)13(18)15-8-12(17)16-9-3-1-2-4-9/h5-6,9H,1-4,7-8H2,(H,15,18)(H,16,17). The van der Waals surface area contributed by atoms with Crippen molar-refractivity contribution < 1.29 is 14.0 Å². The summed E-state index contributed by atoms with van der Waals surface area (Å²) < 4.78 is 5.18. The van der Waals surface area contributed by atoms with Crippen LogP contribution < -0.4 is 10.6 Å². The average Bonchev–Trinajstić information content (AvgIpc) is 3.06. The van der Waals surface area contributed by atoms with Crippen LogP contribution in [-0.2, 0) is 10.7 Å². The van der Waals surface area contributed by atoms with Gasteiger partial charge in [-0.2, -0.15) is 0 Å². The van der Waals surface area contributed by atoms with Crippen molar-refractivity contribution in [3.8, 4) is 0 Å². The minimum Gasteiger partial charge on any atom is -0.455 e. The van der Waals surface area contributed by atoms with Crippen molar-refractivity contribution in [3.63, 3.8) is 0 Å². The Labute approximate surface area is 116 Å². The van der Waals surface area contributed by atoms with Gasteiger partial charge in [-0.3, -0.25) is 9.59 Å². The third-order valence-electron chi connectivity index (χ3n) is 3.15. The fourth-order valence-electron chi connectivity index (χ4n) is 2.17. The molecule has 1 aliphatic rings. The molecule has 1 heterocycles. The van der Waals surface area contributed by atoms with Crippen LogP contribution in [0.15, 0.2) is 16.5 Å². The van der Waals surface area contributed by atoms with Crippen LogP contribution >= 0.6 is 11.6 Å². The van der Waals surface area contributed by atoms with Crippen molar-refractivity contribution in [1.29, 1.82) is 0 Å². The molecule has 5 nitrogen and oxygen atoms in total. The molecule has 1 aromatic rings. The summed E-state index contributed by atoms with van der Waals surface area (Å²) in [5.41, 5.74) is 0. The van der Waals surface area contributed by atoms with Gasteiger partial charge in [0.1, 0.15) is 5.76 Å². The lowest BCUT2D eigenvalue weighted by molar-refractivity contribution is -0.120. The number of furan rings is 1. The highest BCUT2D eigenvalue weighted by atomic mass is 35.5. The molecule has 2 N–H and O–H groups in total. The first-order valence-electron chi connectivity index (χ1n) is 6.41. The average molecular weight is 285 g/mol. The van der Waals surface area contributed by atoms with Crippen molar-refractivity contribution in [2.75, 3.05) is 6.54 Å². The molecule has 2 rings (SSSR count). The number of halogens is 1. The number of nitrogens with one attached hydrogen (secondary N) is 2. The molecule has 104 valence electrons. The zero-order chi connectivity index (χ0) is 13.7. The monoisotopic (exact) mass is 284 g/mol. The van der Waals surface area contributed by atoms with Crippen LogP contribution in [0, 0.1) is 0 Å². The van der Waals surface area contributed by atoms with Gasteiger partial charge in [0.15, 0.2) is 5.76 Å². The van der Waals surface area contributed by atoms with Crippen LogP contribution in [0.25, 0.3) is 0 Å². The normalized spacial score (nSPS) is 15.4. The molecule has 1 fully saturated rings. The maximum absolute atomic E-state index is 11.7. The summed E-state index contributed by atoms with van der Waals surface area (Å²) in [6.07, 6.45) is 4.36. The Morgan fingerprint density at radius 2 is 2.05 bits per heavy atom. The minimum absolute atomic E-state index is 0.0355. The summed E-state index contributed by atoms with van der Waals surface area (Å²) in [5.74, 6) is 0.351. The van der Waals surface area contributed by atoms with E-state index in [4.69, 9.17) is 16.0 Å². The van der Waals surface area contributed by atoms with E-state index < -0.39 is 5.91 Å². The smallest absolute Gasteiger partial charge is 0.287 e. The van der Waals surface area contributed by atoms with Gasteiger partial charge < -0.3 is 15.1 Å². The maximum atomic E-state index is 11.7. The lowest BCUT2D eigenvalue weighted by Gasteiger charge is -2.11. The summed E-state index contributed by atoms with van der Waals surface area (Å²) in [5, 5.41) is 5.42. The predicted molar refractivity (Wildman–Crippen MR) is 71.0 cm³/mol. The molecule has 0 saturated heterocycles. The molecular weight excluding hydrogens is 268 g/mol. The van der Waals surface area contributed by atoms with E-state index in [-0.39, 0.29) is 30.1 Å². The molecule has 0 aliphatic heterocycles. The Morgan fingerprint density at radius 3 is 2.68 bits per heavy atom. The number of carbonyl (C=O) groups excluding carboxylic acids is 2. The first kappa shape index (κ1) is 13.9. The third-order valence-corrected chi connectivity index (χ3v) is 3.41. The lowest BCUT2D eigenvalue weighted by atomic mass is 10.2. The van der Waals surface area contributed by atoms with Gasteiger partial charge in [-0.25, -0.2) is 0 Å². The Balaban J connectivity index is 1.74. The van der Waals surface area contributed by atoms with Crippen LogP contribution in [0.1, 0.15) is 42.0 Å². The van der Waals surface area contributed by atoms with Gasteiger partial charge in [0.25, 0.3) is 5.91 Å². The first-order chi connectivity index (χ1) is 9.19. The van der Waals surface area contributed by atoms with Gasteiger partial charge in [-0.05, 0) is 25.0 Å². The predicted octanol–water partition coefficient (Wildman–Crippen LogP) is 1.81. The summed E-state index contributed by atoms with van der Waals surface area (Å²) >= 11 is 5.58. The number of rotatable bonds is 5. The topological polar surface area (TPSA) is 71.3 Å². The minimum atomic E-state index is -0.405. The molecule has 0 aromatic carbocycles. The number of hydrogen-bond donors (Lipinski definition) is 2. The van der Waals surface area contributed by atoms with Crippen molar-refractivity contribution in [1.82, 2.24) is 10.6 Å². The van der Waals surface area contributed by atoms with E-state index in [2.05, 4.69) is 10.6 Å². The zero-order valence-electron chi connectivity index (χ0n) is 10.6. The second-order valence-electron chi connectivity index (χ2n) is 4.63. The molecule has 1 saturated carbocycles. The van der Waals surface area contributed by atoms with Crippen molar-refractivity contribution in [2.24, 2.45) is 0 Å². The van der Waals surface area contributed by atoms with Crippen molar-refractivity contribution in [2.45, 2.75) is 37.6 Å². The molecule has 2 amide bonds. The van der Waals surface area contributed by atoms with Crippen LogP contribution in [0.2, 0.25) is 0 Å². The first-order valence-corrected chi connectivity index (χ1v) is 6.94. The molecule has 0 atom stereocenters. The van der Waals surface area contributed by atoms with Crippen molar-refractivity contribution >= 4 is 23.4 Å². The number of carbonyl (C=O) groups is 2. The Morgan fingerprint density at radius 1 is 1.32 bits per heavy atom. The van der Waals surface area contributed by atoms with E-state index in [9.17, 15) is 9.59 Å². The SMILES string of the molecule is O=C(CNC(=O)c1ccc(CCl)o1)NC1CCCC1. The largest absolute Gasteiger partial charge is 0.455 e. The van der Waals surface area contributed by atoms with Crippen molar-refractivity contribution in [3.05, 3.63) is 23.7 Å². The van der Waals surface area contributed by atoms with E-state index in [0.29, 0.717) is 5.76 Å².